The molecule has 0 heterocycles. The van der Waals surface area contributed by atoms with E-state index in [1.807, 2.05) is 14.1 Å². The minimum Gasteiger partial charge on any atom is -0.435 e. The second-order valence-electron chi connectivity index (χ2n) is 3.23. The summed E-state index contributed by atoms with van der Waals surface area (Å²) in [5.41, 5.74) is 0.723. The fourth-order valence-electron chi connectivity index (χ4n) is 0.955. The lowest BCUT2D eigenvalue weighted by Crippen LogP contribution is -2.26. The van der Waals surface area contributed by atoms with E-state index in [1.165, 1.54) is 12.1 Å². The van der Waals surface area contributed by atoms with Gasteiger partial charge in [0, 0.05) is 19.8 Å². The predicted molar refractivity (Wildman–Crippen MR) is 63.0 cm³/mol. The molecule has 0 aliphatic carbocycles. The highest BCUT2D eigenvalue weighted by Crippen LogP contribution is 2.17. The van der Waals surface area contributed by atoms with Crippen LogP contribution in [0.15, 0.2) is 24.3 Å². The lowest BCUT2D eigenvalue weighted by Gasteiger charge is -2.15. The Morgan fingerprint density at radius 3 is 2.31 bits per heavy atom. The van der Waals surface area contributed by atoms with Gasteiger partial charge in [-0.25, -0.2) is 0 Å². The van der Waals surface area contributed by atoms with Crippen molar-refractivity contribution < 1.29 is 13.5 Å². The van der Waals surface area contributed by atoms with Crippen LogP contribution in [0.1, 0.15) is 0 Å². The van der Waals surface area contributed by atoms with Gasteiger partial charge in [0.2, 0.25) is 0 Å². The molecule has 1 aromatic rings. The van der Waals surface area contributed by atoms with Gasteiger partial charge >= 0.3 is 6.61 Å². The summed E-state index contributed by atoms with van der Waals surface area (Å²) in [6, 6.07) is 6.14. The molecule has 0 aliphatic heterocycles. The summed E-state index contributed by atoms with van der Waals surface area (Å²) < 4.78 is 28.0. The molecule has 0 saturated heterocycles. The van der Waals surface area contributed by atoms with Gasteiger partial charge in [-0.2, -0.15) is 8.78 Å². The molecular formula is C10H12F2N2OS. The molecule has 6 heteroatoms. The lowest BCUT2D eigenvalue weighted by molar-refractivity contribution is -0.0498. The predicted octanol–water partition coefficient (Wildman–Crippen LogP) is 2.55. The summed E-state index contributed by atoms with van der Waals surface area (Å²) in [6.07, 6.45) is 0. The number of ether oxygens (including phenoxy) is 1. The van der Waals surface area contributed by atoms with Gasteiger partial charge in [0.05, 0.1) is 0 Å². The van der Waals surface area contributed by atoms with Crippen LogP contribution in [0.2, 0.25) is 0 Å². The summed E-state index contributed by atoms with van der Waals surface area (Å²) in [7, 11) is 3.62. The second kappa shape index (κ2) is 5.60. The van der Waals surface area contributed by atoms with E-state index in [-0.39, 0.29) is 5.75 Å². The topological polar surface area (TPSA) is 24.5 Å². The van der Waals surface area contributed by atoms with Crippen molar-refractivity contribution in [2.24, 2.45) is 0 Å². The first-order valence-electron chi connectivity index (χ1n) is 4.52. The zero-order valence-electron chi connectivity index (χ0n) is 8.91. The minimum atomic E-state index is -2.80. The fourth-order valence-corrected chi connectivity index (χ4v) is 1.07. The zero-order chi connectivity index (χ0) is 12.1. The van der Waals surface area contributed by atoms with Crippen molar-refractivity contribution in [1.82, 2.24) is 4.90 Å². The van der Waals surface area contributed by atoms with Crippen LogP contribution in [-0.2, 0) is 0 Å². The summed E-state index contributed by atoms with van der Waals surface area (Å²) >= 11 is 5.03. The maximum atomic E-state index is 11.9. The average molecular weight is 246 g/mol. The zero-order valence-corrected chi connectivity index (χ0v) is 9.72. The van der Waals surface area contributed by atoms with Gasteiger partial charge in [-0.3, -0.25) is 0 Å². The van der Waals surface area contributed by atoms with Gasteiger partial charge in [-0.1, -0.05) is 0 Å². The van der Waals surface area contributed by atoms with Gasteiger partial charge in [0.25, 0.3) is 0 Å². The molecule has 0 aliphatic rings. The number of hydrogen-bond acceptors (Lipinski definition) is 2. The smallest absolute Gasteiger partial charge is 0.387 e. The number of nitrogens with zero attached hydrogens (tertiary/aromatic N) is 1. The van der Waals surface area contributed by atoms with Crippen molar-refractivity contribution in [1.29, 1.82) is 0 Å². The van der Waals surface area contributed by atoms with Crippen molar-refractivity contribution in [3.8, 4) is 5.75 Å². The molecule has 0 spiro atoms. The number of anilines is 1. The van der Waals surface area contributed by atoms with E-state index < -0.39 is 6.61 Å². The lowest BCUT2D eigenvalue weighted by atomic mass is 10.3. The molecule has 1 N–H and O–H groups in total. The molecule has 1 rings (SSSR count). The molecule has 0 unspecified atom stereocenters. The number of benzene rings is 1. The van der Waals surface area contributed by atoms with Gasteiger partial charge in [-0.15, -0.1) is 0 Å². The number of nitrogens with one attached hydrogen (secondary N) is 1. The Morgan fingerprint density at radius 1 is 1.31 bits per heavy atom. The highest BCUT2D eigenvalue weighted by molar-refractivity contribution is 7.80. The first-order chi connectivity index (χ1) is 7.49. The van der Waals surface area contributed by atoms with E-state index in [4.69, 9.17) is 12.2 Å². The quantitative estimate of drug-likeness (QED) is 0.828. The number of alkyl halides is 2. The van der Waals surface area contributed by atoms with Crippen LogP contribution < -0.4 is 10.1 Å². The largest absolute Gasteiger partial charge is 0.435 e. The molecule has 0 atom stereocenters. The van der Waals surface area contributed by atoms with E-state index in [1.54, 1.807) is 17.0 Å². The van der Waals surface area contributed by atoms with E-state index in [2.05, 4.69) is 10.1 Å². The third-order valence-corrected chi connectivity index (χ3v) is 2.20. The van der Waals surface area contributed by atoms with E-state index in [0.717, 1.165) is 5.69 Å². The Bertz CT molecular complexity index is 354. The fraction of sp³-hybridized carbons (Fsp3) is 0.300. The summed E-state index contributed by atoms with van der Waals surface area (Å²) in [6.45, 7) is -2.80. The summed E-state index contributed by atoms with van der Waals surface area (Å²) in [4.78, 5) is 1.74. The molecule has 16 heavy (non-hydrogen) atoms. The molecule has 1 aromatic carbocycles. The molecule has 0 aromatic heterocycles. The third kappa shape index (κ3) is 3.98. The molecule has 0 amide bonds. The molecule has 0 bridgehead atoms. The average Bonchev–Trinajstić information content (AvgIpc) is 2.20. The Morgan fingerprint density at radius 2 is 1.88 bits per heavy atom. The summed E-state index contributed by atoms with van der Waals surface area (Å²) in [5, 5.41) is 3.48. The van der Waals surface area contributed by atoms with Crippen LogP contribution in [-0.4, -0.2) is 30.7 Å². The Kier molecular flexibility index (Phi) is 4.42. The first-order valence-corrected chi connectivity index (χ1v) is 4.93. The van der Waals surface area contributed by atoms with Crippen molar-refractivity contribution in [2.45, 2.75) is 6.61 Å². The standard InChI is InChI=1S/C10H12F2N2OS/c1-14(2)10(16)13-7-3-5-8(6-4-7)15-9(11)12/h3-6,9H,1-2H3,(H,13,16). The number of halogens is 2. The van der Waals surface area contributed by atoms with Crippen molar-refractivity contribution in [3.05, 3.63) is 24.3 Å². The highest BCUT2D eigenvalue weighted by atomic mass is 32.1. The molecule has 3 nitrogen and oxygen atoms in total. The molecule has 88 valence electrons. The molecule has 0 fully saturated rings. The van der Waals surface area contributed by atoms with Crippen LogP contribution in [0.3, 0.4) is 0 Å². The number of thiocarbonyl (C=S) groups is 1. The van der Waals surface area contributed by atoms with Crippen molar-refractivity contribution in [2.75, 3.05) is 19.4 Å². The molecule has 0 saturated carbocycles. The normalized spacial score (nSPS) is 10.1. The second-order valence-corrected chi connectivity index (χ2v) is 3.61. The molecule has 0 radical (unpaired) electrons. The van der Waals surface area contributed by atoms with Crippen LogP contribution >= 0.6 is 12.2 Å². The van der Waals surface area contributed by atoms with Gasteiger partial charge in [0.1, 0.15) is 5.75 Å². The monoisotopic (exact) mass is 246 g/mol. The van der Waals surface area contributed by atoms with Gasteiger partial charge in [0.15, 0.2) is 5.11 Å². The van der Waals surface area contributed by atoms with E-state index in [9.17, 15) is 8.78 Å². The molecular weight excluding hydrogens is 234 g/mol. The van der Waals surface area contributed by atoms with Crippen LogP contribution in [0, 0.1) is 0 Å². The van der Waals surface area contributed by atoms with Crippen molar-refractivity contribution in [3.63, 3.8) is 0 Å². The maximum Gasteiger partial charge on any atom is 0.387 e. The van der Waals surface area contributed by atoms with Crippen LogP contribution in [0.25, 0.3) is 0 Å². The van der Waals surface area contributed by atoms with Crippen LogP contribution in [0.4, 0.5) is 14.5 Å². The third-order valence-electron chi connectivity index (χ3n) is 1.74. The van der Waals surface area contributed by atoms with E-state index in [0.29, 0.717) is 5.11 Å². The highest BCUT2D eigenvalue weighted by Gasteiger charge is 2.04. The minimum absolute atomic E-state index is 0.122. The SMILES string of the molecule is CN(C)C(=S)Nc1ccc(OC(F)F)cc1. The Balaban J connectivity index is 2.61. The Labute approximate surface area is 98.0 Å². The van der Waals surface area contributed by atoms with Crippen LogP contribution in [0.5, 0.6) is 5.75 Å². The van der Waals surface area contributed by atoms with Gasteiger partial charge < -0.3 is 15.0 Å². The first kappa shape index (κ1) is 12.6. The van der Waals surface area contributed by atoms with Gasteiger partial charge in [-0.05, 0) is 36.5 Å². The maximum absolute atomic E-state index is 11.9. The van der Waals surface area contributed by atoms with E-state index >= 15 is 0 Å². The number of rotatable bonds is 3. The number of hydrogen-bond donors (Lipinski definition) is 1. The Hall–Kier alpha value is -1.43. The van der Waals surface area contributed by atoms with Crippen molar-refractivity contribution >= 4 is 23.0 Å². The summed E-state index contributed by atoms with van der Waals surface area (Å²) in [5.74, 6) is 0.122.